The third kappa shape index (κ3) is 6.02. The van der Waals surface area contributed by atoms with Crippen molar-refractivity contribution in [2.24, 2.45) is 5.92 Å². The zero-order valence-electron chi connectivity index (χ0n) is 12.3. The molecule has 2 rings (SSSR count). The Bertz CT molecular complexity index is 350. The second-order valence-electron chi connectivity index (χ2n) is 5.17. The predicted octanol–water partition coefficient (Wildman–Crippen LogP) is 3.67. The fraction of sp³-hybridized carbons (Fsp3) is 0.625. The molecule has 1 aromatic carbocycles. The van der Waals surface area contributed by atoms with E-state index in [9.17, 15) is 0 Å². The first-order valence-corrected chi connectivity index (χ1v) is 7.45. The van der Waals surface area contributed by atoms with Gasteiger partial charge in [0.25, 0.3) is 0 Å². The summed E-state index contributed by atoms with van der Waals surface area (Å²) < 4.78 is 11.3. The molecule has 4 heteroatoms. The molecule has 1 N–H and O–H groups in total. The Labute approximate surface area is 128 Å². The van der Waals surface area contributed by atoms with Crippen LogP contribution < -0.4 is 14.8 Å². The van der Waals surface area contributed by atoms with E-state index in [1.807, 2.05) is 24.3 Å². The summed E-state index contributed by atoms with van der Waals surface area (Å²) in [5.74, 6) is 2.64. The summed E-state index contributed by atoms with van der Waals surface area (Å²) in [7, 11) is 0. The SMILES string of the molecule is CCCOc1ccc(OCCC2CCCNC2)cc1.Cl. The van der Waals surface area contributed by atoms with Crippen molar-refractivity contribution in [3.8, 4) is 11.5 Å². The second-order valence-corrected chi connectivity index (χ2v) is 5.17. The van der Waals surface area contributed by atoms with Crippen LogP contribution in [0.3, 0.4) is 0 Å². The number of halogens is 1. The zero-order chi connectivity index (χ0) is 13.3. The third-order valence-electron chi connectivity index (χ3n) is 3.49. The smallest absolute Gasteiger partial charge is 0.119 e. The predicted molar refractivity (Wildman–Crippen MR) is 85.2 cm³/mol. The lowest BCUT2D eigenvalue weighted by Crippen LogP contribution is -2.30. The summed E-state index contributed by atoms with van der Waals surface area (Å²) in [4.78, 5) is 0. The summed E-state index contributed by atoms with van der Waals surface area (Å²) in [5, 5.41) is 3.44. The lowest BCUT2D eigenvalue weighted by molar-refractivity contribution is 0.253. The highest BCUT2D eigenvalue weighted by Gasteiger charge is 2.12. The minimum absolute atomic E-state index is 0. The van der Waals surface area contributed by atoms with E-state index < -0.39 is 0 Å². The average molecular weight is 300 g/mol. The lowest BCUT2D eigenvalue weighted by atomic mass is 9.97. The third-order valence-corrected chi connectivity index (χ3v) is 3.49. The van der Waals surface area contributed by atoms with Crippen LogP contribution in [0.1, 0.15) is 32.6 Å². The van der Waals surface area contributed by atoms with Crippen molar-refractivity contribution in [1.29, 1.82) is 0 Å². The number of rotatable bonds is 7. The largest absolute Gasteiger partial charge is 0.494 e. The molecule has 0 amide bonds. The molecule has 3 nitrogen and oxygen atoms in total. The Kier molecular flexibility index (Phi) is 8.47. The van der Waals surface area contributed by atoms with Crippen molar-refractivity contribution in [3.63, 3.8) is 0 Å². The average Bonchev–Trinajstić information content (AvgIpc) is 2.47. The van der Waals surface area contributed by atoms with Gasteiger partial charge in [-0.15, -0.1) is 12.4 Å². The number of ether oxygens (including phenoxy) is 2. The maximum absolute atomic E-state index is 5.78. The minimum Gasteiger partial charge on any atom is -0.494 e. The molecule has 1 aliphatic rings. The lowest BCUT2D eigenvalue weighted by Gasteiger charge is -2.22. The molecule has 1 atom stereocenters. The van der Waals surface area contributed by atoms with Gasteiger partial charge < -0.3 is 14.8 Å². The summed E-state index contributed by atoms with van der Waals surface area (Å²) in [6.45, 7) is 6.01. The van der Waals surface area contributed by atoms with E-state index in [2.05, 4.69) is 12.2 Å². The minimum atomic E-state index is 0. The topological polar surface area (TPSA) is 30.5 Å². The van der Waals surface area contributed by atoms with Crippen molar-refractivity contribution >= 4 is 12.4 Å². The first kappa shape index (κ1) is 17.1. The Morgan fingerprint density at radius 3 is 2.30 bits per heavy atom. The molecule has 1 unspecified atom stereocenters. The van der Waals surface area contributed by atoms with Gasteiger partial charge in [0.15, 0.2) is 0 Å². The van der Waals surface area contributed by atoms with Crippen molar-refractivity contribution in [2.45, 2.75) is 32.6 Å². The van der Waals surface area contributed by atoms with Crippen LogP contribution in [0, 0.1) is 5.92 Å². The fourth-order valence-corrected chi connectivity index (χ4v) is 2.37. The molecule has 0 saturated carbocycles. The molecule has 0 spiro atoms. The molecule has 0 bridgehead atoms. The van der Waals surface area contributed by atoms with Crippen molar-refractivity contribution < 1.29 is 9.47 Å². The standard InChI is InChI=1S/C16H25NO2.ClH/c1-2-11-18-15-5-7-16(8-6-15)19-12-9-14-4-3-10-17-13-14;/h5-8,14,17H,2-4,9-13H2,1H3;1H. The van der Waals surface area contributed by atoms with Crippen LogP contribution in [0.5, 0.6) is 11.5 Å². The molecule has 114 valence electrons. The van der Waals surface area contributed by atoms with Crippen LogP contribution in [0.4, 0.5) is 0 Å². The molecule has 20 heavy (non-hydrogen) atoms. The molecular formula is C16H26ClNO2. The number of piperidine rings is 1. The molecule has 1 fully saturated rings. The van der Waals surface area contributed by atoms with Gasteiger partial charge >= 0.3 is 0 Å². The number of hydrogen-bond acceptors (Lipinski definition) is 3. The van der Waals surface area contributed by atoms with Crippen LogP contribution in [-0.2, 0) is 0 Å². The quantitative estimate of drug-likeness (QED) is 0.833. The second kappa shape index (κ2) is 9.89. The molecule has 0 radical (unpaired) electrons. The molecule has 1 heterocycles. The first-order chi connectivity index (χ1) is 9.38. The van der Waals surface area contributed by atoms with E-state index in [0.717, 1.165) is 50.0 Å². The normalized spacial score (nSPS) is 18.1. The monoisotopic (exact) mass is 299 g/mol. The summed E-state index contributed by atoms with van der Waals surface area (Å²) in [5.41, 5.74) is 0. The summed E-state index contributed by atoms with van der Waals surface area (Å²) in [6.07, 6.45) is 4.81. The number of nitrogens with one attached hydrogen (secondary N) is 1. The van der Waals surface area contributed by atoms with Gasteiger partial charge in [0, 0.05) is 0 Å². The van der Waals surface area contributed by atoms with Gasteiger partial charge in [-0.2, -0.15) is 0 Å². The van der Waals surface area contributed by atoms with Gasteiger partial charge in [-0.1, -0.05) is 6.92 Å². The summed E-state index contributed by atoms with van der Waals surface area (Å²) >= 11 is 0. The molecule has 0 aromatic heterocycles. The van der Waals surface area contributed by atoms with Gasteiger partial charge in [-0.05, 0) is 69.0 Å². The van der Waals surface area contributed by atoms with Crippen LogP contribution in [0.15, 0.2) is 24.3 Å². The maximum atomic E-state index is 5.78. The first-order valence-electron chi connectivity index (χ1n) is 7.45. The Morgan fingerprint density at radius 1 is 1.10 bits per heavy atom. The van der Waals surface area contributed by atoms with Crippen LogP contribution >= 0.6 is 12.4 Å². The van der Waals surface area contributed by atoms with E-state index in [1.54, 1.807) is 0 Å². The highest BCUT2D eigenvalue weighted by atomic mass is 35.5. The molecule has 1 aromatic rings. The maximum Gasteiger partial charge on any atom is 0.119 e. The zero-order valence-corrected chi connectivity index (χ0v) is 13.1. The Hall–Kier alpha value is -0.930. The van der Waals surface area contributed by atoms with Crippen LogP contribution in [0.25, 0.3) is 0 Å². The highest BCUT2D eigenvalue weighted by Crippen LogP contribution is 2.19. The molecule has 1 saturated heterocycles. The van der Waals surface area contributed by atoms with Crippen molar-refractivity contribution in [3.05, 3.63) is 24.3 Å². The van der Waals surface area contributed by atoms with Gasteiger partial charge in [-0.3, -0.25) is 0 Å². The van der Waals surface area contributed by atoms with Gasteiger partial charge in [0.1, 0.15) is 11.5 Å². The van der Waals surface area contributed by atoms with Crippen molar-refractivity contribution in [1.82, 2.24) is 5.32 Å². The van der Waals surface area contributed by atoms with E-state index in [0.29, 0.717) is 0 Å². The fourth-order valence-electron chi connectivity index (χ4n) is 2.37. The number of hydrogen-bond donors (Lipinski definition) is 1. The van der Waals surface area contributed by atoms with Crippen LogP contribution in [-0.4, -0.2) is 26.3 Å². The van der Waals surface area contributed by atoms with E-state index in [4.69, 9.17) is 9.47 Å². The van der Waals surface area contributed by atoms with Gasteiger partial charge in [0.2, 0.25) is 0 Å². The van der Waals surface area contributed by atoms with Gasteiger partial charge in [0.05, 0.1) is 13.2 Å². The van der Waals surface area contributed by atoms with E-state index in [-0.39, 0.29) is 12.4 Å². The van der Waals surface area contributed by atoms with Crippen molar-refractivity contribution in [2.75, 3.05) is 26.3 Å². The van der Waals surface area contributed by atoms with Gasteiger partial charge in [-0.25, -0.2) is 0 Å². The van der Waals surface area contributed by atoms with E-state index in [1.165, 1.54) is 19.4 Å². The molecule has 0 aliphatic carbocycles. The van der Waals surface area contributed by atoms with Crippen LogP contribution in [0.2, 0.25) is 0 Å². The highest BCUT2D eigenvalue weighted by molar-refractivity contribution is 5.85. The molecular weight excluding hydrogens is 274 g/mol. The number of benzene rings is 1. The molecule has 1 aliphatic heterocycles. The summed E-state index contributed by atoms with van der Waals surface area (Å²) in [6, 6.07) is 7.94. The van der Waals surface area contributed by atoms with E-state index >= 15 is 0 Å². The Balaban J connectivity index is 0.00000200. The Morgan fingerprint density at radius 2 is 1.75 bits per heavy atom.